The molecule has 3 rings (SSSR count). The Morgan fingerprint density at radius 1 is 1.25 bits per heavy atom. The van der Waals surface area contributed by atoms with E-state index in [9.17, 15) is 4.79 Å². The number of nitrogens with zero attached hydrogens (tertiary/aromatic N) is 3. The van der Waals surface area contributed by atoms with E-state index in [1.54, 1.807) is 30.7 Å². The van der Waals surface area contributed by atoms with Gasteiger partial charge in [-0.15, -0.1) is 0 Å². The van der Waals surface area contributed by atoms with Crippen LogP contribution in [0.3, 0.4) is 0 Å². The lowest BCUT2D eigenvalue weighted by atomic mass is 10.1. The van der Waals surface area contributed by atoms with Gasteiger partial charge < -0.3 is 4.90 Å². The van der Waals surface area contributed by atoms with Gasteiger partial charge in [-0.25, -0.2) is 4.98 Å². The van der Waals surface area contributed by atoms with Crippen molar-refractivity contribution in [1.82, 2.24) is 14.9 Å². The average Bonchev–Trinajstić information content (AvgIpc) is 2.97. The van der Waals surface area contributed by atoms with Crippen LogP contribution in [0.4, 0.5) is 0 Å². The SMILES string of the molecule is O=C(c1ccc(Br)nc1)N1CCCC1c1ccncc1. The average molecular weight is 332 g/mol. The molecule has 0 N–H and O–H groups in total. The van der Waals surface area contributed by atoms with Crippen LogP contribution in [0.1, 0.15) is 34.8 Å². The Balaban J connectivity index is 1.85. The van der Waals surface area contributed by atoms with Gasteiger partial charge in [0.25, 0.3) is 5.91 Å². The topological polar surface area (TPSA) is 46.1 Å². The first kappa shape index (κ1) is 13.2. The van der Waals surface area contributed by atoms with E-state index >= 15 is 0 Å². The van der Waals surface area contributed by atoms with Crippen molar-refractivity contribution in [1.29, 1.82) is 0 Å². The van der Waals surface area contributed by atoms with Crippen molar-refractivity contribution >= 4 is 21.8 Å². The van der Waals surface area contributed by atoms with Crippen LogP contribution >= 0.6 is 15.9 Å². The van der Waals surface area contributed by atoms with Crippen LogP contribution in [0.25, 0.3) is 0 Å². The number of hydrogen-bond donors (Lipinski definition) is 0. The maximum absolute atomic E-state index is 12.6. The third-order valence-electron chi connectivity index (χ3n) is 3.58. The van der Waals surface area contributed by atoms with Gasteiger partial charge in [-0.3, -0.25) is 9.78 Å². The number of amides is 1. The molecule has 0 aliphatic carbocycles. The van der Waals surface area contributed by atoms with Crippen molar-refractivity contribution in [3.05, 3.63) is 58.6 Å². The zero-order chi connectivity index (χ0) is 13.9. The predicted molar refractivity (Wildman–Crippen MR) is 79.2 cm³/mol. The summed E-state index contributed by atoms with van der Waals surface area (Å²) in [4.78, 5) is 22.7. The number of likely N-dealkylation sites (tertiary alicyclic amines) is 1. The van der Waals surface area contributed by atoms with Gasteiger partial charge in [-0.1, -0.05) is 0 Å². The monoisotopic (exact) mass is 331 g/mol. The lowest BCUT2D eigenvalue weighted by Gasteiger charge is -2.25. The van der Waals surface area contributed by atoms with Crippen molar-refractivity contribution in [3.63, 3.8) is 0 Å². The minimum absolute atomic E-state index is 0.0457. The highest BCUT2D eigenvalue weighted by atomic mass is 79.9. The van der Waals surface area contributed by atoms with E-state index in [-0.39, 0.29) is 11.9 Å². The summed E-state index contributed by atoms with van der Waals surface area (Å²) < 4.78 is 0.737. The summed E-state index contributed by atoms with van der Waals surface area (Å²) in [7, 11) is 0. The highest BCUT2D eigenvalue weighted by molar-refractivity contribution is 9.10. The van der Waals surface area contributed by atoms with E-state index in [0.29, 0.717) is 5.56 Å². The predicted octanol–water partition coefficient (Wildman–Crippen LogP) is 3.22. The molecule has 0 bridgehead atoms. The molecular formula is C15H14BrN3O. The van der Waals surface area contributed by atoms with Crippen molar-refractivity contribution in [3.8, 4) is 0 Å². The molecule has 1 unspecified atom stereocenters. The maximum Gasteiger partial charge on any atom is 0.255 e. The second-order valence-electron chi connectivity index (χ2n) is 4.81. The van der Waals surface area contributed by atoms with E-state index in [1.807, 2.05) is 17.0 Å². The quantitative estimate of drug-likeness (QED) is 0.794. The molecule has 1 saturated heterocycles. The number of halogens is 1. The molecule has 1 aliphatic heterocycles. The molecule has 2 aromatic rings. The van der Waals surface area contributed by atoms with Gasteiger partial charge >= 0.3 is 0 Å². The summed E-state index contributed by atoms with van der Waals surface area (Å²) in [5.74, 6) is 0.0457. The van der Waals surface area contributed by atoms with Crippen LogP contribution in [0.15, 0.2) is 47.5 Å². The van der Waals surface area contributed by atoms with Gasteiger partial charge in [0, 0.05) is 25.1 Å². The summed E-state index contributed by atoms with van der Waals surface area (Å²) in [6, 6.07) is 7.72. The van der Waals surface area contributed by atoms with E-state index in [2.05, 4.69) is 25.9 Å². The lowest BCUT2D eigenvalue weighted by Crippen LogP contribution is -2.30. The van der Waals surface area contributed by atoms with Gasteiger partial charge in [0.15, 0.2) is 0 Å². The number of pyridine rings is 2. The fourth-order valence-corrected chi connectivity index (χ4v) is 2.84. The zero-order valence-corrected chi connectivity index (χ0v) is 12.5. The second kappa shape index (κ2) is 5.71. The lowest BCUT2D eigenvalue weighted by molar-refractivity contribution is 0.0735. The first-order valence-electron chi connectivity index (χ1n) is 6.58. The molecule has 1 atom stereocenters. The van der Waals surface area contributed by atoms with Crippen molar-refractivity contribution < 1.29 is 4.79 Å². The Labute approximate surface area is 126 Å². The Kier molecular flexibility index (Phi) is 3.78. The van der Waals surface area contributed by atoms with Crippen LogP contribution in [0, 0.1) is 0 Å². The Morgan fingerprint density at radius 2 is 2.05 bits per heavy atom. The molecule has 5 heteroatoms. The van der Waals surface area contributed by atoms with E-state index in [0.717, 1.165) is 29.6 Å². The Morgan fingerprint density at radius 3 is 2.75 bits per heavy atom. The molecule has 0 spiro atoms. The Bertz CT molecular complexity index is 600. The molecular weight excluding hydrogens is 318 g/mol. The fourth-order valence-electron chi connectivity index (χ4n) is 2.61. The molecule has 2 aromatic heterocycles. The third kappa shape index (κ3) is 2.58. The van der Waals surface area contributed by atoms with Crippen LogP contribution in [-0.4, -0.2) is 27.3 Å². The molecule has 3 heterocycles. The number of aromatic nitrogens is 2. The molecule has 0 aromatic carbocycles. The first-order chi connectivity index (χ1) is 9.75. The van der Waals surface area contributed by atoms with E-state index < -0.39 is 0 Å². The van der Waals surface area contributed by atoms with Gasteiger partial charge in [-0.2, -0.15) is 0 Å². The second-order valence-corrected chi connectivity index (χ2v) is 5.62. The zero-order valence-electron chi connectivity index (χ0n) is 10.9. The van der Waals surface area contributed by atoms with E-state index in [1.165, 1.54) is 0 Å². The van der Waals surface area contributed by atoms with Crippen molar-refractivity contribution in [2.24, 2.45) is 0 Å². The first-order valence-corrected chi connectivity index (χ1v) is 7.37. The highest BCUT2D eigenvalue weighted by Crippen LogP contribution is 2.32. The van der Waals surface area contributed by atoms with Crippen molar-refractivity contribution in [2.45, 2.75) is 18.9 Å². The molecule has 1 fully saturated rings. The standard InChI is InChI=1S/C15H14BrN3O/c16-14-4-3-12(10-18-14)15(20)19-9-1-2-13(19)11-5-7-17-8-6-11/h3-8,10,13H,1-2,9H2. The van der Waals surface area contributed by atoms with Crippen LogP contribution in [0.2, 0.25) is 0 Å². The number of carbonyl (C=O) groups excluding carboxylic acids is 1. The van der Waals surface area contributed by atoms with E-state index in [4.69, 9.17) is 0 Å². The van der Waals surface area contributed by atoms with Crippen LogP contribution < -0.4 is 0 Å². The number of carbonyl (C=O) groups is 1. The van der Waals surface area contributed by atoms with Crippen LogP contribution in [-0.2, 0) is 0 Å². The molecule has 20 heavy (non-hydrogen) atoms. The smallest absolute Gasteiger partial charge is 0.255 e. The summed E-state index contributed by atoms with van der Waals surface area (Å²) in [5.41, 5.74) is 1.78. The third-order valence-corrected chi connectivity index (χ3v) is 4.05. The molecule has 1 aliphatic rings. The summed E-state index contributed by atoms with van der Waals surface area (Å²) in [6.45, 7) is 0.794. The summed E-state index contributed by atoms with van der Waals surface area (Å²) >= 11 is 3.28. The number of rotatable bonds is 2. The normalized spacial score (nSPS) is 18.2. The summed E-state index contributed by atoms with van der Waals surface area (Å²) in [6.07, 6.45) is 7.20. The van der Waals surface area contributed by atoms with Gasteiger partial charge in [0.2, 0.25) is 0 Å². The van der Waals surface area contributed by atoms with Gasteiger partial charge in [0.05, 0.1) is 11.6 Å². The number of hydrogen-bond acceptors (Lipinski definition) is 3. The minimum atomic E-state index is 0.0457. The Hall–Kier alpha value is -1.75. The van der Waals surface area contributed by atoms with Crippen molar-refractivity contribution in [2.75, 3.05) is 6.54 Å². The van der Waals surface area contributed by atoms with Gasteiger partial charge in [-0.05, 0) is 58.6 Å². The van der Waals surface area contributed by atoms with Crippen LogP contribution in [0.5, 0.6) is 0 Å². The molecule has 1 amide bonds. The molecule has 4 nitrogen and oxygen atoms in total. The largest absolute Gasteiger partial charge is 0.332 e. The fraction of sp³-hybridized carbons (Fsp3) is 0.267. The maximum atomic E-state index is 12.6. The van der Waals surface area contributed by atoms with Gasteiger partial charge in [0.1, 0.15) is 4.60 Å². The summed E-state index contributed by atoms with van der Waals surface area (Å²) in [5, 5.41) is 0. The highest BCUT2D eigenvalue weighted by Gasteiger charge is 2.30. The molecule has 0 saturated carbocycles. The molecule has 0 radical (unpaired) electrons. The molecule has 102 valence electrons. The minimum Gasteiger partial charge on any atom is -0.332 e.